The Labute approximate surface area is 108 Å². The normalized spacial score (nSPS) is 8.27. The van der Waals surface area contributed by atoms with Gasteiger partial charge in [0.1, 0.15) is 0 Å². The Balaban J connectivity index is 0.000000210. The van der Waals surface area contributed by atoms with E-state index in [4.69, 9.17) is 18.8 Å². The fraction of sp³-hybridized carbons (Fsp3) is 0.167. The van der Waals surface area contributed by atoms with Crippen LogP contribution in [0.2, 0.25) is 0 Å². The van der Waals surface area contributed by atoms with Gasteiger partial charge in [-0.1, -0.05) is 13.8 Å². The molecule has 0 aliphatic carbocycles. The molecule has 0 N–H and O–H groups in total. The average molecular weight is 325 g/mol. The third kappa shape index (κ3) is 10.3. The molecule has 0 spiro atoms. The van der Waals surface area contributed by atoms with Crippen LogP contribution >= 0.6 is 18.8 Å². The average Bonchev–Trinajstić information content (AvgIpc) is 2.81. The first-order valence-electron chi connectivity index (χ1n) is 4.46. The molecule has 0 radical (unpaired) electrons. The zero-order valence-corrected chi connectivity index (χ0v) is 12.3. The van der Waals surface area contributed by atoms with E-state index in [1.807, 2.05) is 24.3 Å². The van der Waals surface area contributed by atoms with Crippen LogP contribution in [0.25, 0.3) is 0 Å². The topological polar surface area (TPSA) is 0 Å². The van der Waals surface area contributed by atoms with Gasteiger partial charge in [0.15, 0.2) is 0 Å². The van der Waals surface area contributed by atoms with E-state index in [9.17, 15) is 0 Å². The zero-order valence-electron chi connectivity index (χ0n) is 8.78. The summed E-state index contributed by atoms with van der Waals surface area (Å²) in [6, 6.07) is 16.5. The van der Waals surface area contributed by atoms with Gasteiger partial charge < -0.3 is 0 Å². The number of aryl methyl sites for hydroxylation is 2. The van der Waals surface area contributed by atoms with Crippen LogP contribution in [0.15, 0.2) is 48.5 Å². The SMILES string of the molecule is C[c-]1cccc1.C[c-]1cccc1.[Cl][Mo][Cl]. The summed E-state index contributed by atoms with van der Waals surface area (Å²) in [7, 11) is 9.79. The molecule has 0 nitrogen and oxygen atoms in total. The van der Waals surface area contributed by atoms with E-state index in [0.717, 1.165) is 0 Å². The Morgan fingerprint density at radius 1 is 0.733 bits per heavy atom. The Bertz CT molecular complexity index is 266. The molecule has 84 valence electrons. The molecule has 0 saturated carbocycles. The van der Waals surface area contributed by atoms with E-state index >= 15 is 0 Å². The van der Waals surface area contributed by atoms with Crippen LogP contribution in [-0.2, 0) is 16.5 Å². The standard InChI is InChI=1S/2C6H7.2ClH.Mo/c2*1-6-4-2-3-5-6;;;/h2*2-5H,1H3;2*1H;/q2*-1;;;+2/p-2. The second-order valence-corrected chi connectivity index (χ2v) is 6.03. The molecule has 0 saturated heterocycles. The van der Waals surface area contributed by atoms with Gasteiger partial charge >= 0.3 is 35.3 Å². The number of rotatable bonds is 0. The molecule has 0 fully saturated rings. The van der Waals surface area contributed by atoms with Crippen molar-refractivity contribution < 1.29 is 16.5 Å². The van der Waals surface area contributed by atoms with Crippen molar-refractivity contribution in [2.45, 2.75) is 13.8 Å². The van der Waals surface area contributed by atoms with Gasteiger partial charge in [-0.05, 0) is 0 Å². The Kier molecular flexibility index (Phi) is 10.5. The molecule has 2 aromatic rings. The predicted molar refractivity (Wildman–Crippen MR) is 65.3 cm³/mol. The first kappa shape index (κ1) is 15.0. The van der Waals surface area contributed by atoms with Crippen molar-refractivity contribution in [3.05, 3.63) is 59.7 Å². The molecular weight excluding hydrogens is 311 g/mol. The van der Waals surface area contributed by atoms with Crippen molar-refractivity contribution in [3.8, 4) is 0 Å². The number of hydrogen-bond donors (Lipinski definition) is 0. The van der Waals surface area contributed by atoms with Crippen molar-refractivity contribution >= 4 is 18.8 Å². The van der Waals surface area contributed by atoms with Crippen LogP contribution in [0, 0.1) is 13.8 Å². The van der Waals surface area contributed by atoms with Crippen LogP contribution in [-0.4, -0.2) is 0 Å². The third-order valence-corrected chi connectivity index (χ3v) is 1.66. The molecular formula is C12H14Cl2Mo-2. The predicted octanol–water partition coefficient (Wildman–Crippen LogP) is 4.80. The summed E-state index contributed by atoms with van der Waals surface area (Å²) in [6.07, 6.45) is 0. The Morgan fingerprint density at radius 3 is 1.00 bits per heavy atom. The summed E-state index contributed by atoms with van der Waals surface area (Å²) >= 11 is -0.586. The molecule has 2 rings (SSSR count). The second kappa shape index (κ2) is 10.5. The molecule has 0 bridgehead atoms. The maximum atomic E-state index is 4.89. The van der Waals surface area contributed by atoms with Gasteiger partial charge in [0, 0.05) is 0 Å². The van der Waals surface area contributed by atoms with Crippen LogP contribution in [0.1, 0.15) is 11.1 Å². The minimum absolute atomic E-state index is 0.586. The summed E-state index contributed by atoms with van der Waals surface area (Å²) in [5.74, 6) is 0. The number of halogens is 2. The van der Waals surface area contributed by atoms with Crippen molar-refractivity contribution in [3.63, 3.8) is 0 Å². The molecule has 0 unspecified atom stereocenters. The summed E-state index contributed by atoms with van der Waals surface area (Å²) in [6.45, 7) is 4.17. The van der Waals surface area contributed by atoms with Gasteiger partial charge in [0.05, 0.1) is 0 Å². The molecule has 0 aliphatic heterocycles. The van der Waals surface area contributed by atoms with E-state index in [-0.39, 0.29) is 0 Å². The minimum atomic E-state index is -0.586. The molecule has 3 heteroatoms. The second-order valence-electron chi connectivity index (χ2n) is 2.98. The summed E-state index contributed by atoms with van der Waals surface area (Å²) < 4.78 is 0. The van der Waals surface area contributed by atoms with Crippen LogP contribution in [0.5, 0.6) is 0 Å². The maximum absolute atomic E-state index is 4.89. The van der Waals surface area contributed by atoms with E-state index in [0.29, 0.717) is 0 Å². The fourth-order valence-corrected chi connectivity index (χ4v) is 0.940. The Hall–Kier alpha value is -0.0317. The van der Waals surface area contributed by atoms with Gasteiger partial charge in [-0.15, -0.1) is 0 Å². The molecule has 0 heterocycles. The van der Waals surface area contributed by atoms with Gasteiger partial charge in [-0.3, -0.25) is 0 Å². The fourth-order valence-electron chi connectivity index (χ4n) is 0.940. The molecule has 0 aromatic heterocycles. The molecule has 0 atom stereocenters. The van der Waals surface area contributed by atoms with Gasteiger partial charge in [0.25, 0.3) is 0 Å². The number of hydrogen-bond acceptors (Lipinski definition) is 0. The van der Waals surface area contributed by atoms with Crippen molar-refractivity contribution in [2.24, 2.45) is 0 Å². The first-order valence-corrected chi connectivity index (χ1v) is 9.63. The van der Waals surface area contributed by atoms with Crippen molar-refractivity contribution in [2.75, 3.05) is 0 Å². The third-order valence-electron chi connectivity index (χ3n) is 1.66. The quantitative estimate of drug-likeness (QED) is 0.482. The summed E-state index contributed by atoms with van der Waals surface area (Å²) in [5, 5.41) is 0. The van der Waals surface area contributed by atoms with Crippen LogP contribution in [0.3, 0.4) is 0 Å². The molecule has 2 aromatic carbocycles. The zero-order chi connectivity index (χ0) is 11.5. The molecule has 0 aliphatic rings. The van der Waals surface area contributed by atoms with E-state index < -0.39 is 16.5 Å². The van der Waals surface area contributed by atoms with Crippen molar-refractivity contribution in [1.29, 1.82) is 0 Å². The van der Waals surface area contributed by atoms with E-state index in [1.54, 1.807) is 0 Å². The van der Waals surface area contributed by atoms with Gasteiger partial charge in [0.2, 0.25) is 0 Å². The van der Waals surface area contributed by atoms with E-state index in [1.165, 1.54) is 11.1 Å². The first-order chi connectivity index (χ1) is 7.20. The van der Waals surface area contributed by atoms with Gasteiger partial charge in [-0.2, -0.15) is 35.4 Å². The van der Waals surface area contributed by atoms with Crippen LogP contribution < -0.4 is 0 Å². The van der Waals surface area contributed by atoms with Crippen molar-refractivity contribution in [1.82, 2.24) is 0 Å². The summed E-state index contributed by atoms with van der Waals surface area (Å²) in [4.78, 5) is 0. The Morgan fingerprint density at radius 2 is 0.933 bits per heavy atom. The van der Waals surface area contributed by atoms with Gasteiger partial charge in [-0.25, -0.2) is 24.3 Å². The monoisotopic (exact) mass is 326 g/mol. The summed E-state index contributed by atoms with van der Waals surface area (Å²) in [5.41, 5.74) is 2.69. The molecule has 0 amide bonds. The van der Waals surface area contributed by atoms with Crippen LogP contribution in [0.4, 0.5) is 0 Å². The molecule has 15 heavy (non-hydrogen) atoms. The van der Waals surface area contributed by atoms with E-state index in [2.05, 4.69) is 38.1 Å².